The zero-order valence-electron chi connectivity index (χ0n) is 30.8. The summed E-state index contributed by atoms with van der Waals surface area (Å²) in [6, 6.07) is 14.2. The first kappa shape index (κ1) is 38.1. The van der Waals surface area contributed by atoms with Gasteiger partial charge < -0.3 is 40.2 Å². The maximum Gasteiger partial charge on any atom is 0.330 e. The molecule has 4 amide bonds. The molecule has 1 saturated heterocycles. The number of methoxy groups -OCH3 is 2. The molecular formula is C39H49N5O8. The van der Waals surface area contributed by atoms with Crippen LogP contribution in [0.5, 0.6) is 11.5 Å². The van der Waals surface area contributed by atoms with Gasteiger partial charge in [-0.25, -0.2) is 14.6 Å². The molecule has 2 heterocycles. The van der Waals surface area contributed by atoms with Crippen molar-refractivity contribution < 1.29 is 38.5 Å². The minimum atomic E-state index is -1.51. The molecule has 1 aromatic heterocycles. The topological polar surface area (TPSA) is 168 Å². The Bertz CT molecular complexity index is 1840. The van der Waals surface area contributed by atoms with Gasteiger partial charge in [-0.2, -0.15) is 0 Å². The van der Waals surface area contributed by atoms with Crippen LogP contribution in [0.25, 0.3) is 22.2 Å². The van der Waals surface area contributed by atoms with Gasteiger partial charge in [0, 0.05) is 42.5 Å². The number of carbonyl (C=O) groups is 4. The number of nitrogens with one attached hydrogen (secondary N) is 3. The molecule has 13 nitrogen and oxygen atoms in total. The SMILES string of the molecule is C=C[C@H]1CC1(NC(=O)[C@@H]1C[C@@H](Oc2cc(-c3ccccc3)nc3cc(OC)ccc23)CN1C(=O)[C@@H](NC(=O)NC(C)(C)COC)C(C)(C)C)C(=O)O. The van der Waals surface area contributed by atoms with E-state index in [1.165, 1.54) is 18.1 Å². The van der Waals surface area contributed by atoms with E-state index in [-0.39, 0.29) is 26.0 Å². The predicted molar refractivity (Wildman–Crippen MR) is 196 cm³/mol. The van der Waals surface area contributed by atoms with Gasteiger partial charge in [0.1, 0.15) is 35.2 Å². The molecule has 0 spiro atoms. The highest BCUT2D eigenvalue weighted by Gasteiger charge is 2.61. The van der Waals surface area contributed by atoms with Crippen molar-refractivity contribution in [2.45, 2.75) is 76.7 Å². The van der Waals surface area contributed by atoms with E-state index < -0.39 is 64.4 Å². The minimum Gasteiger partial charge on any atom is -0.497 e. The fraction of sp³-hybridized carbons (Fsp3) is 0.462. The molecule has 0 radical (unpaired) electrons. The Morgan fingerprint density at radius 2 is 1.79 bits per heavy atom. The number of aromatic nitrogens is 1. The number of aliphatic carboxylic acids is 1. The molecule has 2 fully saturated rings. The monoisotopic (exact) mass is 715 g/mol. The molecule has 5 atom stereocenters. The van der Waals surface area contributed by atoms with Gasteiger partial charge >= 0.3 is 12.0 Å². The second-order valence-corrected chi connectivity index (χ2v) is 15.3. The third-order valence-corrected chi connectivity index (χ3v) is 9.56. The zero-order valence-corrected chi connectivity index (χ0v) is 30.8. The van der Waals surface area contributed by atoms with Crippen molar-refractivity contribution in [3.05, 3.63) is 67.3 Å². The van der Waals surface area contributed by atoms with Crippen LogP contribution in [0.3, 0.4) is 0 Å². The summed E-state index contributed by atoms with van der Waals surface area (Å²) < 4.78 is 17.3. The summed E-state index contributed by atoms with van der Waals surface area (Å²) in [5, 5.41) is 19.2. The van der Waals surface area contributed by atoms with Crippen LogP contribution >= 0.6 is 0 Å². The smallest absolute Gasteiger partial charge is 0.330 e. The summed E-state index contributed by atoms with van der Waals surface area (Å²) in [6.45, 7) is 13.0. The number of ether oxygens (including phenoxy) is 3. The van der Waals surface area contributed by atoms with Crippen LogP contribution in [0.2, 0.25) is 0 Å². The van der Waals surface area contributed by atoms with Crippen LogP contribution in [-0.4, -0.2) is 95.4 Å². The van der Waals surface area contributed by atoms with Gasteiger partial charge in [0.2, 0.25) is 11.8 Å². The molecule has 5 rings (SSSR count). The Morgan fingerprint density at radius 3 is 2.38 bits per heavy atom. The molecule has 13 heteroatoms. The number of hydrogen-bond acceptors (Lipinski definition) is 8. The number of carbonyl (C=O) groups excluding carboxylic acids is 3. The number of rotatable bonds is 13. The normalized spacial score (nSPS) is 21.9. The number of hydrogen-bond donors (Lipinski definition) is 4. The Balaban J connectivity index is 1.50. The van der Waals surface area contributed by atoms with Crippen LogP contribution in [0, 0.1) is 11.3 Å². The number of benzene rings is 2. The van der Waals surface area contributed by atoms with Crippen molar-refractivity contribution in [1.29, 1.82) is 0 Å². The van der Waals surface area contributed by atoms with Gasteiger partial charge in [-0.05, 0) is 37.8 Å². The predicted octanol–water partition coefficient (Wildman–Crippen LogP) is 4.54. The average Bonchev–Trinajstić information content (AvgIpc) is 3.65. The lowest BCUT2D eigenvalue weighted by molar-refractivity contribution is -0.146. The third-order valence-electron chi connectivity index (χ3n) is 9.56. The number of likely N-dealkylation sites (tertiary alicyclic amines) is 1. The van der Waals surface area contributed by atoms with Crippen LogP contribution in [0.15, 0.2) is 67.3 Å². The lowest BCUT2D eigenvalue weighted by atomic mass is 9.85. The number of urea groups is 1. The van der Waals surface area contributed by atoms with E-state index in [0.717, 1.165) is 5.56 Å². The quantitative estimate of drug-likeness (QED) is 0.186. The third kappa shape index (κ3) is 8.14. The van der Waals surface area contributed by atoms with E-state index in [1.54, 1.807) is 27.0 Å². The maximum atomic E-state index is 14.6. The second-order valence-electron chi connectivity index (χ2n) is 15.3. The number of carboxylic acids is 1. The molecule has 1 saturated carbocycles. The Hall–Kier alpha value is -5.17. The minimum absolute atomic E-state index is 0.00638. The van der Waals surface area contributed by atoms with Crippen LogP contribution < -0.4 is 25.4 Å². The van der Waals surface area contributed by atoms with Gasteiger partial charge in [0.25, 0.3) is 0 Å². The average molecular weight is 716 g/mol. The fourth-order valence-electron chi connectivity index (χ4n) is 6.72. The summed E-state index contributed by atoms with van der Waals surface area (Å²) in [5.74, 6) is -1.65. The molecule has 3 aromatic rings. The zero-order chi connectivity index (χ0) is 38.0. The molecule has 1 aliphatic carbocycles. The number of amides is 4. The lowest BCUT2D eigenvalue weighted by Gasteiger charge is -2.36. The molecule has 2 aromatic carbocycles. The largest absolute Gasteiger partial charge is 0.497 e. The highest BCUT2D eigenvalue weighted by Crippen LogP contribution is 2.45. The lowest BCUT2D eigenvalue weighted by Crippen LogP contribution is -2.61. The Morgan fingerprint density at radius 1 is 1.08 bits per heavy atom. The first-order valence-corrected chi connectivity index (χ1v) is 17.3. The number of carboxylic acid groups (broad SMARTS) is 1. The Kier molecular flexibility index (Phi) is 10.9. The van der Waals surface area contributed by atoms with E-state index in [9.17, 15) is 24.3 Å². The molecule has 2 aliphatic rings. The second kappa shape index (κ2) is 14.8. The Labute approximate surface area is 304 Å². The van der Waals surface area contributed by atoms with Gasteiger partial charge in [0.05, 0.1) is 37.0 Å². The van der Waals surface area contributed by atoms with Crippen molar-refractivity contribution in [2.75, 3.05) is 27.4 Å². The van der Waals surface area contributed by atoms with Gasteiger partial charge in [-0.3, -0.25) is 9.59 Å². The highest BCUT2D eigenvalue weighted by molar-refractivity contribution is 5.96. The molecule has 1 unspecified atom stereocenters. The summed E-state index contributed by atoms with van der Waals surface area (Å²) >= 11 is 0. The summed E-state index contributed by atoms with van der Waals surface area (Å²) in [7, 11) is 3.10. The van der Waals surface area contributed by atoms with Crippen molar-refractivity contribution in [2.24, 2.45) is 11.3 Å². The van der Waals surface area contributed by atoms with Crippen LogP contribution in [0.1, 0.15) is 47.5 Å². The molecule has 278 valence electrons. The number of nitrogens with zero attached hydrogens (tertiary/aromatic N) is 2. The van der Waals surface area contributed by atoms with E-state index in [4.69, 9.17) is 19.2 Å². The number of fused-ring (bicyclic) bond motifs is 1. The highest BCUT2D eigenvalue weighted by atomic mass is 16.5. The summed E-state index contributed by atoms with van der Waals surface area (Å²) in [6.07, 6.45) is 1.09. The molecule has 1 aliphatic heterocycles. The van der Waals surface area contributed by atoms with Gasteiger partial charge in [-0.15, -0.1) is 6.58 Å². The van der Waals surface area contributed by atoms with Crippen molar-refractivity contribution in [3.63, 3.8) is 0 Å². The van der Waals surface area contributed by atoms with Crippen LogP contribution in [-0.2, 0) is 19.1 Å². The molecule has 52 heavy (non-hydrogen) atoms. The van der Waals surface area contributed by atoms with E-state index in [2.05, 4.69) is 22.5 Å². The first-order valence-electron chi connectivity index (χ1n) is 17.3. The van der Waals surface area contributed by atoms with E-state index >= 15 is 0 Å². The summed E-state index contributed by atoms with van der Waals surface area (Å²) in [5.41, 5.74) is -0.870. The molecule has 4 N–H and O–H groups in total. The van der Waals surface area contributed by atoms with E-state index in [0.29, 0.717) is 28.1 Å². The van der Waals surface area contributed by atoms with Gasteiger partial charge in [-0.1, -0.05) is 57.2 Å². The van der Waals surface area contributed by atoms with Crippen molar-refractivity contribution >= 4 is 34.7 Å². The van der Waals surface area contributed by atoms with E-state index in [1.807, 2.05) is 69.3 Å². The fourth-order valence-corrected chi connectivity index (χ4v) is 6.72. The number of pyridine rings is 1. The maximum absolute atomic E-state index is 14.6. The van der Waals surface area contributed by atoms with Gasteiger partial charge in [0.15, 0.2) is 0 Å². The summed E-state index contributed by atoms with van der Waals surface area (Å²) in [4.78, 5) is 60.4. The van der Waals surface area contributed by atoms with Crippen molar-refractivity contribution in [1.82, 2.24) is 25.8 Å². The molecule has 0 bridgehead atoms. The van der Waals surface area contributed by atoms with Crippen LogP contribution in [0.4, 0.5) is 4.79 Å². The molecular weight excluding hydrogens is 666 g/mol. The standard InChI is InChI=1S/C39H49N5O8/c1-9-24-20-39(24,35(47)48)42-33(45)30-18-26(21-44(30)34(46)32(37(2,3)4)41-36(49)43-38(5,6)22-50-7)52-31-19-28(23-13-11-10-12-14-23)40-29-17-25(51-8)15-16-27(29)31/h9-17,19,24,26,30,32H,1,18,20-22H2,2-8H3,(H,42,45)(H,47,48)(H2,41,43,49)/t24-,26+,30-,32+,39?/m0/s1. The first-order chi connectivity index (χ1) is 24.5. The van der Waals surface area contributed by atoms with Crippen molar-refractivity contribution in [3.8, 4) is 22.8 Å².